The minimum atomic E-state index is -3.64. The van der Waals surface area contributed by atoms with Gasteiger partial charge in [-0.3, -0.25) is 14.9 Å². The molecule has 0 aliphatic heterocycles. The predicted molar refractivity (Wildman–Crippen MR) is 99.1 cm³/mol. The highest BCUT2D eigenvalue weighted by Crippen LogP contribution is 2.27. The van der Waals surface area contributed by atoms with Gasteiger partial charge in [-0.05, 0) is 31.2 Å². The van der Waals surface area contributed by atoms with E-state index in [0.29, 0.717) is 0 Å². The second-order valence-corrected chi connectivity index (χ2v) is 7.94. The number of benzene rings is 2. The van der Waals surface area contributed by atoms with Crippen molar-refractivity contribution in [3.8, 4) is 5.75 Å². The highest BCUT2D eigenvalue weighted by atomic mass is 32.2. The summed E-state index contributed by atoms with van der Waals surface area (Å²) in [4.78, 5) is 22.8. The molecule has 2 aromatic carbocycles. The molecule has 1 atom stereocenters. The van der Waals surface area contributed by atoms with E-state index in [4.69, 9.17) is 4.74 Å². The van der Waals surface area contributed by atoms with Crippen LogP contribution in [0, 0.1) is 10.1 Å². The van der Waals surface area contributed by atoms with E-state index in [9.17, 15) is 23.3 Å². The third-order valence-electron chi connectivity index (χ3n) is 3.62. The molecule has 2 rings (SSSR count). The molecule has 0 aromatic heterocycles. The zero-order chi connectivity index (χ0) is 20.2. The van der Waals surface area contributed by atoms with Crippen molar-refractivity contribution in [3.05, 3.63) is 58.6 Å². The molecule has 0 fully saturated rings. The van der Waals surface area contributed by atoms with Gasteiger partial charge in [-0.15, -0.1) is 0 Å². The van der Waals surface area contributed by atoms with Crippen LogP contribution in [0.1, 0.15) is 6.92 Å². The Labute approximate surface area is 156 Å². The van der Waals surface area contributed by atoms with E-state index in [1.54, 1.807) is 6.07 Å². The molecule has 0 saturated carbocycles. The molecule has 1 amide bonds. The lowest BCUT2D eigenvalue weighted by atomic mass is 10.2. The average Bonchev–Trinajstić information content (AvgIpc) is 2.62. The fourth-order valence-corrected chi connectivity index (χ4v) is 3.09. The lowest BCUT2D eigenvalue weighted by Gasteiger charge is -2.16. The molecule has 0 radical (unpaired) electrons. The summed E-state index contributed by atoms with van der Waals surface area (Å²) in [6.45, 7) is 1.44. The summed E-state index contributed by atoms with van der Waals surface area (Å²) in [6, 6.07) is 11.5. The Hall–Kier alpha value is -2.98. The quantitative estimate of drug-likeness (QED) is 0.569. The summed E-state index contributed by atoms with van der Waals surface area (Å²) in [5, 5.41) is 13.6. The van der Waals surface area contributed by atoms with Crippen LogP contribution in [0.4, 0.5) is 11.4 Å². The number of carbonyl (C=O) groups is 1. The minimum Gasteiger partial charge on any atom is -0.474 e. The number of hydrogen-bond donors (Lipinski definition) is 1. The van der Waals surface area contributed by atoms with Crippen LogP contribution in [0.2, 0.25) is 0 Å². The number of nitro benzene ring substituents is 1. The topological polar surface area (TPSA) is 119 Å². The largest absolute Gasteiger partial charge is 0.474 e. The van der Waals surface area contributed by atoms with Crippen molar-refractivity contribution in [1.82, 2.24) is 4.31 Å². The Balaban J connectivity index is 2.15. The molecular weight excluding hydrogens is 374 g/mol. The van der Waals surface area contributed by atoms with Crippen LogP contribution in [-0.2, 0) is 14.8 Å². The monoisotopic (exact) mass is 393 g/mol. The normalized spacial score (nSPS) is 12.4. The molecule has 0 unspecified atom stereocenters. The van der Waals surface area contributed by atoms with Crippen molar-refractivity contribution < 1.29 is 22.9 Å². The third kappa shape index (κ3) is 4.80. The first-order chi connectivity index (χ1) is 12.6. The molecule has 1 N–H and O–H groups in total. The predicted octanol–water partition coefficient (Wildman–Crippen LogP) is 2.25. The van der Waals surface area contributed by atoms with Crippen molar-refractivity contribution in [1.29, 1.82) is 0 Å². The van der Waals surface area contributed by atoms with E-state index < -0.39 is 27.0 Å². The number of nitrogens with zero attached hydrogens (tertiary/aromatic N) is 2. The summed E-state index contributed by atoms with van der Waals surface area (Å²) in [6.07, 6.45) is -1.04. The Morgan fingerprint density at radius 1 is 1.19 bits per heavy atom. The van der Waals surface area contributed by atoms with Gasteiger partial charge >= 0.3 is 5.69 Å². The minimum absolute atomic E-state index is 0.0255. The molecule has 144 valence electrons. The van der Waals surface area contributed by atoms with Crippen LogP contribution in [0.3, 0.4) is 0 Å². The van der Waals surface area contributed by atoms with Crippen LogP contribution < -0.4 is 10.1 Å². The number of sulfonamides is 1. The Kier molecular flexibility index (Phi) is 6.13. The van der Waals surface area contributed by atoms with Crippen LogP contribution in [0.15, 0.2) is 53.4 Å². The van der Waals surface area contributed by atoms with Gasteiger partial charge in [-0.25, -0.2) is 12.7 Å². The van der Waals surface area contributed by atoms with Crippen molar-refractivity contribution in [2.75, 3.05) is 19.4 Å². The fourth-order valence-electron chi connectivity index (χ4n) is 2.14. The molecular formula is C17H19N3O6S. The number of hydrogen-bond acceptors (Lipinski definition) is 6. The van der Waals surface area contributed by atoms with Gasteiger partial charge in [0.05, 0.1) is 9.82 Å². The summed E-state index contributed by atoms with van der Waals surface area (Å²) in [5.74, 6) is -0.610. The molecule has 9 nitrogen and oxygen atoms in total. The second-order valence-electron chi connectivity index (χ2n) is 5.79. The number of anilines is 1. The Morgan fingerprint density at radius 3 is 2.48 bits per heavy atom. The van der Waals surface area contributed by atoms with Gasteiger partial charge in [0.1, 0.15) is 0 Å². The number of rotatable bonds is 7. The molecule has 0 spiro atoms. The summed E-state index contributed by atoms with van der Waals surface area (Å²) in [7, 11) is -0.831. The Bertz CT molecular complexity index is 959. The molecule has 0 bridgehead atoms. The first kappa shape index (κ1) is 20.3. The maximum atomic E-state index is 12.3. The maximum Gasteiger partial charge on any atom is 0.310 e. The highest BCUT2D eigenvalue weighted by molar-refractivity contribution is 7.89. The smallest absolute Gasteiger partial charge is 0.310 e. The summed E-state index contributed by atoms with van der Waals surface area (Å²) < 4.78 is 30.8. The zero-order valence-electron chi connectivity index (χ0n) is 14.9. The second kappa shape index (κ2) is 8.14. The molecule has 0 saturated heterocycles. The number of ether oxygens (including phenoxy) is 1. The SMILES string of the molecule is C[C@H](Oc1ccccc1[N+](=O)[O-])C(=O)Nc1cccc(S(=O)(=O)N(C)C)c1. The van der Waals surface area contributed by atoms with Crippen LogP contribution in [0.25, 0.3) is 0 Å². The van der Waals surface area contributed by atoms with Gasteiger partial charge in [0.25, 0.3) is 5.91 Å². The van der Waals surface area contributed by atoms with Gasteiger partial charge in [-0.1, -0.05) is 18.2 Å². The first-order valence-corrected chi connectivity index (χ1v) is 9.30. The van der Waals surface area contributed by atoms with Crippen LogP contribution >= 0.6 is 0 Å². The average molecular weight is 393 g/mol. The van der Waals surface area contributed by atoms with E-state index >= 15 is 0 Å². The maximum absolute atomic E-state index is 12.3. The van der Waals surface area contributed by atoms with E-state index in [1.807, 2.05) is 0 Å². The van der Waals surface area contributed by atoms with Gasteiger partial charge in [0.15, 0.2) is 11.9 Å². The number of nitro groups is 1. The van der Waals surface area contributed by atoms with E-state index in [1.165, 1.54) is 63.5 Å². The van der Waals surface area contributed by atoms with Gasteiger partial charge in [-0.2, -0.15) is 0 Å². The molecule has 10 heteroatoms. The summed E-state index contributed by atoms with van der Waals surface area (Å²) in [5.41, 5.74) is 0.0113. The van der Waals surface area contributed by atoms with E-state index in [0.717, 1.165) is 4.31 Å². The molecule has 0 heterocycles. The fraction of sp³-hybridized carbons (Fsp3) is 0.235. The highest BCUT2D eigenvalue weighted by Gasteiger charge is 2.22. The van der Waals surface area contributed by atoms with Crippen LogP contribution in [0.5, 0.6) is 5.75 Å². The zero-order valence-corrected chi connectivity index (χ0v) is 15.8. The van der Waals surface area contributed by atoms with E-state index in [2.05, 4.69) is 5.32 Å². The Morgan fingerprint density at radius 2 is 1.85 bits per heavy atom. The van der Waals surface area contributed by atoms with Crippen molar-refractivity contribution in [2.24, 2.45) is 0 Å². The molecule has 0 aliphatic rings. The van der Waals surface area contributed by atoms with Crippen molar-refractivity contribution in [2.45, 2.75) is 17.9 Å². The van der Waals surface area contributed by atoms with Gasteiger partial charge < -0.3 is 10.1 Å². The number of nitrogens with one attached hydrogen (secondary N) is 1. The number of para-hydroxylation sites is 2. The van der Waals surface area contributed by atoms with Gasteiger partial charge in [0, 0.05) is 25.8 Å². The van der Waals surface area contributed by atoms with E-state index in [-0.39, 0.29) is 22.0 Å². The number of amides is 1. The van der Waals surface area contributed by atoms with Crippen molar-refractivity contribution in [3.63, 3.8) is 0 Å². The number of carbonyl (C=O) groups excluding carboxylic acids is 1. The first-order valence-electron chi connectivity index (χ1n) is 7.86. The summed E-state index contributed by atoms with van der Waals surface area (Å²) >= 11 is 0. The lowest BCUT2D eigenvalue weighted by molar-refractivity contribution is -0.386. The molecule has 2 aromatic rings. The third-order valence-corrected chi connectivity index (χ3v) is 5.43. The van der Waals surface area contributed by atoms with Crippen LogP contribution in [-0.4, -0.2) is 43.8 Å². The standard InChI is InChI=1S/C17H19N3O6S/c1-12(26-16-10-5-4-9-15(16)20(22)23)17(21)18-13-7-6-8-14(11-13)27(24,25)19(2)3/h4-12H,1-3H3,(H,18,21)/t12-/m0/s1. The molecule has 27 heavy (non-hydrogen) atoms. The van der Waals surface area contributed by atoms with Crippen molar-refractivity contribution >= 4 is 27.3 Å². The molecule has 0 aliphatic carbocycles. The van der Waals surface area contributed by atoms with Gasteiger partial charge in [0.2, 0.25) is 10.0 Å². The lowest BCUT2D eigenvalue weighted by Crippen LogP contribution is -2.30.